The average molecular weight is 318 g/mol. The molecular formula is C18H20ClNO2. The molecule has 2 aromatic carbocycles. The number of anilines is 1. The first-order valence-corrected chi connectivity index (χ1v) is 8.02. The van der Waals surface area contributed by atoms with Gasteiger partial charge in [0.1, 0.15) is 5.60 Å². The number of halogens is 1. The molecule has 0 N–H and O–H groups in total. The number of ether oxygens (including phenoxy) is 1. The molecule has 0 saturated heterocycles. The van der Waals surface area contributed by atoms with E-state index in [0.717, 1.165) is 16.6 Å². The highest BCUT2D eigenvalue weighted by Crippen LogP contribution is 2.42. The molecule has 1 amide bonds. The van der Waals surface area contributed by atoms with Crippen molar-refractivity contribution in [3.8, 4) is 0 Å². The van der Waals surface area contributed by atoms with Crippen LogP contribution in [0.3, 0.4) is 0 Å². The smallest absolute Gasteiger partial charge is 0.414 e. The molecule has 4 heteroatoms. The maximum Gasteiger partial charge on any atom is 0.414 e. The highest BCUT2D eigenvalue weighted by molar-refractivity contribution is 6.19. The zero-order chi connectivity index (χ0) is 15.9. The van der Waals surface area contributed by atoms with Crippen LogP contribution >= 0.6 is 11.6 Å². The fraction of sp³-hybridized carbons (Fsp3) is 0.389. The summed E-state index contributed by atoms with van der Waals surface area (Å²) < 4.78 is 5.53. The van der Waals surface area contributed by atoms with Crippen LogP contribution in [0.5, 0.6) is 0 Å². The molecule has 0 bridgehead atoms. The van der Waals surface area contributed by atoms with Gasteiger partial charge in [-0.3, -0.25) is 4.90 Å². The molecule has 2 aromatic rings. The minimum absolute atomic E-state index is 0.135. The Kier molecular flexibility index (Phi) is 3.77. The zero-order valence-electron chi connectivity index (χ0n) is 13.1. The number of nitrogens with zero attached hydrogens (tertiary/aromatic N) is 1. The Morgan fingerprint density at radius 2 is 2.00 bits per heavy atom. The van der Waals surface area contributed by atoms with E-state index >= 15 is 0 Å². The van der Waals surface area contributed by atoms with Gasteiger partial charge < -0.3 is 4.74 Å². The van der Waals surface area contributed by atoms with Gasteiger partial charge in [0.05, 0.1) is 5.69 Å². The first kappa shape index (κ1) is 15.2. The van der Waals surface area contributed by atoms with Gasteiger partial charge >= 0.3 is 6.09 Å². The molecule has 0 saturated carbocycles. The second-order valence-electron chi connectivity index (χ2n) is 6.66. The molecule has 1 aliphatic rings. The van der Waals surface area contributed by atoms with E-state index in [0.29, 0.717) is 12.4 Å². The normalized spacial score (nSPS) is 17.6. The summed E-state index contributed by atoms with van der Waals surface area (Å²) in [5.74, 6) is 0.621. The summed E-state index contributed by atoms with van der Waals surface area (Å²) in [4.78, 5) is 14.2. The van der Waals surface area contributed by atoms with Crippen LogP contribution in [0.1, 0.15) is 32.3 Å². The Morgan fingerprint density at radius 1 is 1.27 bits per heavy atom. The first-order valence-electron chi connectivity index (χ1n) is 7.49. The fourth-order valence-electron chi connectivity index (χ4n) is 2.97. The largest absolute Gasteiger partial charge is 0.443 e. The van der Waals surface area contributed by atoms with Crippen LogP contribution in [-0.2, 0) is 4.74 Å². The molecule has 0 aromatic heterocycles. The number of hydrogen-bond acceptors (Lipinski definition) is 2. The summed E-state index contributed by atoms with van der Waals surface area (Å²) >= 11 is 6.16. The van der Waals surface area contributed by atoms with E-state index in [1.807, 2.05) is 45.0 Å². The van der Waals surface area contributed by atoms with Gasteiger partial charge in [-0.15, -0.1) is 11.6 Å². The highest BCUT2D eigenvalue weighted by atomic mass is 35.5. The molecule has 22 heavy (non-hydrogen) atoms. The molecule has 1 atom stereocenters. The monoisotopic (exact) mass is 317 g/mol. The summed E-state index contributed by atoms with van der Waals surface area (Å²) in [6.45, 7) is 6.20. The minimum atomic E-state index is -0.507. The summed E-state index contributed by atoms with van der Waals surface area (Å²) in [5.41, 5.74) is 1.56. The topological polar surface area (TPSA) is 29.5 Å². The second-order valence-corrected chi connectivity index (χ2v) is 6.97. The number of fused-ring (bicyclic) bond motifs is 3. The maximum absolute atomic E-state index is 12.5. The Balaban J connectivity index is 2.06. The van der Waals surface area contributed by atoms with E-state index in [-0.39, 0.29) is 12.0 Å². The van der Waals surface area contributed by atoms with Crippen molar-refractivity contribution in [2.75, 3.05) is 17.3 Å². The van der Waals surface area contributed by atoms with Crippen molar-refractivity contribution in [2.24, 2.45) is 0 Å². The lowest BCUT2D eigenvalue weighted by molar-refractivity contribution is 0.0582. The van der Waals surface area contributed by atoms with Crippen molar-refractivity contribution in [2.45, 2.75) is 32.3 Å². The lowest BCUT2D eigenvalue weighted by Gasteiger charge is -2.25. The van der Waals surface area contributed by atoms with Gasteiger partial charge in [-0.25, -0.2) is 4.79 Å². The van der Waals surface area contributed by atoms with Crippen molar-refractivity contribution >= 4 is 34.2 Å². The van der Waals surface area contributed by atoms with E-state index in [1.165, 1.54) is 5.39 Å². The summed E-state index contributed by atoms with van der Waals surface area (Å²) in [6, 6.07) is 12.2. The van der Waals surface area contributed by atoms with Crippen LogP contribution in [0.15, 0.2) is 36.4 Å². The number of amides is 1. The molecule has 3 rings (SSSR count). The van der Waals surface area contributed by atoms with Crippen LogP contribution in [0.4, 0.5) is 10.5 Å². The molecule has 0 aliphatic carbocycles. The van der Waals surface area contributed by atoms with Crippen LogP contribution in [0.2, 0.25) is 0 Å². The van der Waals surface area contributed by atoms with Crippen molar-refractivity contribution < 1.29 is 9.53 Å². The van der Waals surface area contributed by atoms with Gasteiger partial charge in [0.15, 0.2) is 0 Å². The summed E-state index contributed by atoms with van der Waals surface area (Å²) in [7, 11) is 0. The second kappa shape index (κ2) is 5.47. The molecule has 1 heterocycles. The molecule has 0 radical (unpaired) electrons. The van der Waals surface area contributed by atoms with Crippen LogP contribution < -0.4 is 4.90 Å². The number of carbonyl (C=O) groups excluding carboxylic acids is 1. The third-order valence-corrected chi connectivity index (χ3v) is 4.22. The molecule has 116 valence electrons. The highest BCUT2D eigenvalue weighted by Gasteiger charge is 2.35. The zero-order valence-corrected chi connectivity index (χ0v) is 13.9. The fourth-order valence-corrected chi connectivity index (χ4v) is 3.23. The molecular weight excluding hydrogens is 298 g/mol. The SMILES string of the molecule is CC(C)(C)OC(=O)N1C[C@H](CCl)c2c1ccc1ccccc21. The Bertz CT molecular complexity index is 721. The average Bonchev–Trinajstić information content (AvgIpc) is 2.84. The van der Waals surface area contributed by atoms with E-state index in [9.17, 15) is 4.79 Å². The number of carbonyl (C=O) groups is 1. The molecule has 3 nitrogen and oxygen atoms in total. The molecule has 1 aliphatic heterocycles. The lowest BCUT2D eigenvalue weighted by atomic mass is 9.96. The quantitative estimate of drug-likeness (QED) is 0.699. The minimum Gasteiger partial charge on any atom is -0.443 e. The van der Waals surface area contributed by atoms with E-state index in [4.69, 9.17) is 16.3 Å². The number of rotatable bonds is 1. The number of hydrogen-bond donors (Lipinski definition) is 0. The number of alkyl halides is 1. The van der Waals surface area contributed by atoms with Crippen LogP contribution in [0.25, 0.3) is 10.8 Å². The van der Waals surface area contributed by atoms with Gasteiger partial charge in [-0.05, 0) is 43.2 Å². The Morgan fingerprint density at radius 3 is 2.68 bits per heavy atom. The van der Waals surface area contributed by atoms with Crippen molar-refractivity contribution in [1.29, 1.82) is 0 Å². The van der Waals surface area contributed by atoms with E-state index < -0.39 is 5.60 Å². The summed E-state index contributed by atoms with van der Waals surface area (Å²) in [6.07, 6.45) is -0.309. The predicted molar refractivity (Wildman–Crippen MR) is 91.0 cm³/mol. The molecule has 0 spiro atoms. The van der Waals surface area contributed by atoms with Crippen molar-refractivity contribution in [3.05, 3.63) is 42.0 Å². The van der Waals surface area contributed by atoms with Gasteiger partial charge in [-0.2, -0.15) is 0 Å². The number of benzene rings is 2. The first-order chi connectivity index (χ1) is 10.4. The standard InChI is InChI=1S/C18H20ClNO2/c1-18(2,3)22-17(21)20-11-13(10-19)16-14-7-5-4-6-12(14)8-9-15(16)20/h4-9,13H,10-11H2,1-3H3/t13-/m0/s1. The van der Waals surface area contributed by atoms with Crippen molar-refractivity contribution in [1.82, 2.24) is 0 Å². The molecule has 0 fully saturated rings. The Hall–Kier alpha value is -1.74. The van der Waals surface area contributed by atoms with Crippen LogP contribution in [-0.4, -0.2) is 24.1 Å². The Labute approximate surface area is 135 Å². The van der Waals surface area contributed by atoms with Crippen LogP contribution in [0, 0.1) is 0 Å². The lowest BCUT2D eigenvalue weighted by Crippen LogP contribution is -2.36. The summed E-state index contributed by atoms with van der Waals surface area (Å²) in [5, 5.41) is 2.33. The molecule has 0 unspecified atom stereocenters. The van der Waals surface area contributed by atoms with Gasteiger partial charge in [-0.1, -0.05) is 30.3 Å². The van der Waals surface area contributed by atoms with Gasteiger partial charge in [0, 0.05) is 18.3 Å². The van der Waals surface area contributed by atoms with Gasteiger partial charge in [0.2, 0.25) is 0 Å². The van der Waals surface area contributed by atoms with E-state index in [1.54, 1.807) is 4.90 Å². The maximum atomic E-state index is 12.5. The predicted octanol–water partition coefficient (Wildman–Crippen LogP) is 4.92. The third-order valence-electron chi connectivity index (χ3n) is 3.85. The van der Waals surface area contributed by atoms with E-state index in [2.05, 4.69) is 12.1 Å². The third kappa shape index (κ3) is 2.66. The van der Waals surface area contributed by atoms with Crippen molar-refractivity contribution in [3.63, 3.8) is 0 Å². The van der Waals surface area contributed by atoms with Gasteiger partial charge in [0.25, 0.3) is 0 Å².